The smallest absolute Gasteiger partial charge is 0.277 e. The lowest BCUT2D eigenvalue weighted by Crippen LogP contribution is -2.14. The minimum Gasteiger partial charge on any atom is -0.397 e. The molecular formula is C8H9ClN6O2S. The van der Waals surface area contributed by atoms with Gasteiger partial charge in [-0.3, -0.25) is 0 Å². The lowest BCUT2D eigenvalue weighted by atomic mass is 10.3. The van der Waals surface area contributed by atoms with Gasteiger partial charge in [0.05, 0.1) is 22.7 Å². The summed E-state index contributed by atoms with van der Waals surface area (Å²) in [6, 6.07) is 3.98. The minimum absolute atomic E-state index is 0.0307. The van der Waals surface area contributed by atoms with Crippen LogP contribution in [0.4, 0.5) is 11.6 Å². The van der Waals surface area contributed by atoms with Crippen molar-refractivity contribution in [1.29, 1.82) is 0 Å². The molecule has 0 amide bonds. The zero-order chi connectivity index (χ0) is 13.3. The van der Waals surface area contributed by atoms with E-state index in [1.165, 1.54) is 25.2 Å². The van der Waals surface area contributed by atoms with E-state index in [-0.39, 0.29) is 21.6 Å². The molecular weight excluding hydrogens is 280 g/mol. The number of nitrogens with one attached hydrogen (secondary N) is 1. The van der Waals surface area contributed by atoms with E-state index in [1.54, 1.807) is 0 Å². The third kappa shape index (κ3) is 2.51. The molecule has 10 heteroatoms. The van der Waals surface area contributed by atoms with Crippen LogP contribution in [0.15, 0.2) is 23.1 Å². The fourth-order valence-electron chi connectivity index (χ4n) is 1.19. The molecule has 2 aromatic rings. The maximum absolute atomic E-state index is 11.9. The molecule has 0 spiro atoms. The fraction of sp³-hybridized carbons (Fsp3) is 0.125. The summed E-state index contributed by atoms with van der Waals surface area (Å²) in [5.74, 6) is -0.119. The standard InChI is InChI=1S/C8H9ClN6O2S/c1-15-12-8(11-14-15)13-18(16,17)5-2-3-6(9)7(10)4-5/h2-4H,10H2,1H3,(H,12,13). The molecule has 0 saturated heterocycles. The first-order chi connectivity index (χ1) is 8.38. The summed E-state index contributed by atoms with van der Waals surface area (Å²) in [4.78, 5) is 1.10. The van der Waals surface area contributed by atoms with E-state index in [1.807, 2.05) is 0 Å². The Morgan fingerprint density at radius 2 is 2.17 bits per heavy atom. The molecule has 0 aliphatic heterocycles. The van der Waals surface area contributed by atoms with E-state index >= 15 is 0 Å². The maximum atomic E-state index is 11.9. The molecule has 1 aromatic carbocycles. The number of anilines is 2. The highest BCUT2D eigenvalue weighted by Gasteiger charge is 2.17. The number of benzene rings is 1. The first-order valence-electron chi connectivity index (χ1n) is 4.70. The number of sulfonamides is 1. The van der Waals surface area contributed by atoms with Gasteiger partial charge in [-0.2, -0.15) is 4.80 Å². The van der Waals surface area contributed by atoms with Crippen LogP contribution in [-0.4, -0.2) is 28.6 Å². The van der Waals surface area contributed by atoms with Gasteiger partial charge in [-0.05, 0) is 23.4 Å². The Morgan fingerprint density at radius 1 is 1.44 bits per heavy atom. The van der Waals surface area contributed by atoms with E-state index in [0.717, 1.165) is 4.80 Å². The molecule has 18 heavy (non-hydrogen) atoms. The first-order valence-corrected chi connectivity index (χ1v) is 6.56. The van der Waals surface area contributed by atoms with Crippen molar-refractivity contribution in [2.24, 2.45) is 7.05 Å². The van der Waals surface area contributed by atoms with E-state index in [9.17, 15) is 8.42 Å². The van der Waals surface area contributed by atoms with Crippen LogP contribution in [0, 0.1) is 0 Å². The summed E-state index contributed by atoms with van der Waals surface area (Å²) in [7, 11) is -2.29. The van der Waals surface area contributed by atoms with E-state index in [2.05, 4.69) is 20.1 Å². The maximum Gasteiger partial charge on any atom is 0.277 e. The van der Waals surface area contributed by atoms with Crippen LogP contribution < -0.4 is 10.5 Å². The van der Waals surface area contributed by atoms with Crippen molar-refractivity contribution >= 4 is 33.3 Å². The number of nitrogens with two attached hydrogens (primary N) is 1. The Kier molecular flexibility index (Phi) is 3.09. The molecule has 96 valence electrons. The molecule has 3 N–H and O–H groups in total. The topological polar surface area (TPSA) is 116 Å². The number of aryl methyl sites for hydroxylation is 1. The number of nitrogens with zero attached hydrogens (tertiary/aromatic N) is 4. The van der Waals surface area contributed by atoms with Crippen molar-refractivity contribution in [2.45, 2.75) is 4.90 Å². The number of hydrogen-bond donors (Lipinski definition) is 2. The van der Waals surface area contributed by atoms with Gasteiger partial charge in [-0.15, -0.1) is 5.10 Å². The Labute approximate surface area is 108 Å². The van der Waals surface area contributed by atoms with Crippen LogP contribution in [0.3, 0.4) is 0 Å². The first kappa shape index (κ1) is 12.6. The molecule has 8 nitrogen and oxygen atoms in total. The number of halogens is 1. The summed E-state index contributed by atoms with van der Waals surface area (Å²) in [5.41, 5.74) is 5.72. The highest BCUT2D eigenvalue weighted by atomic mass is 35.5. The molecule has 0 radical (unpaired) electrons. The van der Waals surface area contributed by atoms with Crippen LogP contribution in [0.25, 0.3) is 0 Å². The van der Waals surface area contributed by atoms with Crippen LogP contribution >= 0.6 is 11.6 Å². The summed E-state index contributed by atoms with van der Waals surface area (Å²) >= 11 is 5.72. The summed E-state index contributed by atoms with van der Waals surface area (Å²) in [6.45, 7) is 0. The van der Waals surface area contributed by atoms with E-state index in [0.29, 0.717) is 0 Å². The van der Waals surface area contributed by atoms with Gasteiger partial charge in [-0.1, -0.05) is 16.7 Å². The van der Waals surface area contributed by atoms with Gasteiger partial charge >= 0.3 is 0 Å². The van der Waals surface area contributed by atoms with Gasteiger partial charge in [0.15, 0.2) is 0 Å². The molecule has 0 bridgehead atoms. The molecule has 0 aliphatic rings. The van der Waals surface area contributed by atoms with E-state index < -0.39 is 10.0 Å². The summed E-state index contributed by atoms with van der Waals surface area (Å²) in [5, 5.41) is 11.0. The lowest BCUT2D eigenvalue weighted by molar-refractivity contribution is 0.600. The third-order valence-electron chi connectivity index (χ3n) is 2.01. The van der Waals surface area contributed by atoms with Gasteiger partial charge in [0.1, 0.15) is 0 Å². The van der Waals surface area contributed by atoms with Gasteiger partial charge < -0.3 is 5.73 Å². The second-order valence-electron chi connectivity index (χ2n) is 3.39. The highest BCUT2D eigenvalue weighted by molar-refractivity contribution is 7.92. The largest absolute Gasteiger partial charge is 0.397 e. The van der Waals surface area contributed by atoms with Gasteiger partial charge in [0, 0.05) is 0 Å². The van der Waals surface area contributed by atoms with Gasteiger partial charge in [0.2, 0.25) is 0 Å². The average molecular weight is 289 g/mol. The number of nitrogen functional groups attached to an aromatic ring is 1. The third-order valence-corrected chi connectivity index (χ3v) is 3.68. The quantitative estimate of drug-likeness (QED) is 0.782. The molecule has 0 fully saturated rings. The summed E-state index contributed by atoms with van der Waals surface area (Å²) in [6.07, 6.45) is 0. The van der Waals surface area contributed by atoms with Crippen LogP contribution in [-0.2, 0) is 17.1 Å². The number of hydrogen-bond acceptors (Lipinski definition) is 6. The van der Waals surface area contributed by atoms with Crippen molar-refractivity contribution < 1.29 is 8.42 Å². The average Bonchev–Trinajstić information content (AvgIpc) is 2.67. The van der Waals surface area contributed by atoms with Crippen molar-refractivity contribution in [3.8, 4) is 0 Å². The van der Waals surface area contributed by atoms with Gasteiger partial charge in [0.25, 0.3) is 16.0 Å². The van der Waals surface area contributed by atoms with Crippen LogP contribution in [0.1, 0.15) is 0 Å². The number of rotatable bonds is 3. The Morgan fingerprint density at radius 3 is 2.72 bits per heavy atom. The normalized spacial score (nSPS) is 11.4. The molecule has 1 heterocycles. The van der Waals surface area contributed by atoms with Gasteiger partial charge in [-0.25, -0.2) is 13.1 Å². The lowest BCUT2D eigenvalue weighted by Gasteiger charge is -2.05. The number of tetrazole rings is 1. The van der Waals surface area contributed by atoms with E-state index in [4.69, 9.17) is 17.3 Å². The van der Waals surface area contributed by atoms with Crippen molar-refractivity contribution in [1.82, 2.24) is 20.2 Å². The molecule has 1 aromatic heterocycles. The molecule has 0 aliphatic carbocycles. The Bertz CT molecular complexity index is 683. The molecule has 2 rings (SSSR count). The highest BCUT2D eigenvalue weighted by Crippen LogP contribution is 2.22. The predicted molar refractivity (Wildman–Crippen MR) is 65.5 cm³/mol. The fourth-order valence-corrected chi connectivity index (χ4v) is 2.28. The number of aromatic nitrogens is 4. The molecule has 0 unspecified atom stereocenters. The predicted octanol–water partition coefficient (Wildman–Crippen LogP) is 0.246. The summed E-state index contributed by atoms with van der Waals surface area (Å²) < 4.78 is 26.1. The minimum atomic E-state index is -3.81. The second kappa shape index (κ2) is 4.42. The zero-order valence-corrected chi connectivity index (χ0v) is 10.8. The molecule has 0 saturated carbocycles. The van der Waals surface area contributed by atoms with Crippen LogP contribution in [0.2, 0.25) is 5.02 Å². The van der Waals surface area contributed by atoms with Crippen molar-refractivity contribution in [2.75, 3.05) is 10.5 Å². The Hall–Kier alpha value is -1.87. The van der Waals surface area contributed by atoms with Crippen molar-refractivity contribution in [3.63, 3.8) is 0 Å². The van der Waals surface area contributed by atoms with Crippen LogP contribution in [0.5, 0.6) is 0 Å². The SMILES string of the molecule is Cn1nnc(NS(=O)(=O)c2ccc(Cl)c(N)c2)n1. The zero-order valence-electron chi connectivity index (χ0n) is 9.20. The van der Waals surface area contributed by atoms with Crippen molar-refractivity contribution in [3.05, 3.63) is 23.2 Å². The monoisotopic (exact) mass is 288 g/mol. The second-order valence-corrected chi connectivity index (χ2v) is 5.48. The Balaban J connectivity index is 2.33. The molecule has 0 atom stereocenters.